The Morgan fingerprint density at radius 3 is 2.28 bits per heavy atom. The minimum atomic E-state index is 0.448. The van der Waals surface area contributed by atoms with E-state index in [-0.39, 0.29) is 0 Å². The lowest BCUT2D eigenvalue weighted by Gasteiger charge is -2.13. The summed E-state index contributed by atoms with van der Waals surface area (Å²) < 4.78 is 5.93. The van der Waals surface area contributed by atoms with Crippen LogP contribution < -0.4 is 4.74 Å². The summed E-state index contributed by atoms with van der Waals surface area (Å²) in [5.41, 5.74) is 2.32. The highest BCUT2D eigenvalue weighted by atomic mass is 35.5. The first kappa shape index (κ1) is 13.0. The third-order valence-corrected chi connectivity index (χ3v) is 3.16. The van der Waals surface area contributed by atoms with E-state index in [1.807, 2.05) is 42.5 Å². The zero-order chi connectivity index (χ0) is 13.0. The summed E-state index contributed by atoms with van der Waals surface area (Å²) in [5, 5.41) is 0. The van der Waals surface area contributed by atoms with E-state index in [0.717, 1.165) is 17.1 Å². The molecule has 2 rings (SSSR count). The molecule has 0 aliphatic heterocycles. The number of benzene rings is 2. The molecule has 0 aliphatic rings. The van der Waals surface area contributed by atoms with Crippen LogP contribution in [0.1, 0.15) is 30.9 Å². The van der Waals surface area contributed by atoms with Gasteiger partial charge in [-0.15, -0.1) is 11.6 Å². The first-order chi connectivity index (χ1) is 8.70. The Kier molecular flexibility index (Phi) is 4.27. The van der Waals surface area contributed by atoms with Crippen molar-refractivity contribution >= 4 is 11.6 Å². The number of para-hydroxylation sites is 1. The minimum Gasteiger partial charge on any atom is -0.457 e. The van der Waals surface area contributed by atoms with Crippen molar-refractivity contribution in [1.82, 2.24) is 0 Å². The molecule has 0 N–H and O–H groups in total. The van der Waals surface area contributed by atoms with Gasteiger partial charge in [-0.2, -0.15) is 0 Å². The first-order valence-electron chi connectivity index (χ1n) is 6.12. The molecule has 0 saturated heterocycles. The van der Waals surface area contributed by atoms with Gasteiger partial charge in [-0.3, -0.25) is 0 Å². The molecule has 0 fully saturated rings. The van der Waals surface area contributed by atoms with E-state index >= 15 is 0 Å². The monoisotopic (exact) mass is 260 g/mol. The molecule has 0 atom stereocenters. The van der Waals surface area contributed by atoms with Gasteiger partial charge >= 0.3 is 0 Å². The molecule has 2 aromatic rings. The molecule has 0 unspecified atom stereocenters. The van der Waals surface area contributed by atoms with Gasteiger partial charge in [0, 0.05) is 5.88 Å². The number of hydrogen-bond acceptors (Lipinski definition) is 1. The van der Waals surface area contributed by atoms with Crippen LogP contribution in [0.4, 0.5) is 0 Å². The van der Waals surface area contributed by atoms with E-state index < -0.39 is 0 Å². The van der Waals surface area contributed by atoms with E-state index in [9.17, 15) is 0 Å². The standard InChI is InChI=1S/C16H17ClO/c1-12(2)15-5-3-4-6-16(15)18-14-9-7-13(11-17)8-10-14/h3-10,12H,11H2,1-2H3. The van der Waals surface area contributed by atoms with Crippen LogP contribution in [0.3, 0.4) is 0 Å². The number of rotatable bonds is 4. The van der Waals surface area contributed by atoms with E-state index in [0.29, 0.717) is 11.8 Å². The van der Waals surface area contributed by atoms with Crippen LogP contribution in [-0.4, -0.2) is 0 Å². The van der Waals surface area contributed by atoms with Crippen molar-refractivity contribution in [2.75, 3.05) is 0 Å². The Morgan fingerprint density at radius 1 is 1.00 bits per heavy atom. The maximum Gasteiger partial charge on any atom is 0.130 e. The van der Waals surface area contributed by atoms with E-state index in [1.54, 1.807) is 0 Å². The van der Waals surface area contributed by atoms with Crippen molar-refractivity contribution in [3.05, 3.63) is 59.7 Å². The molecule has 2 heteroatoms. The smallest absolute Gasteiger partial charge is 0.130 e. The second kappa shape index (κ2) is 5.92. The molecule has 0 amide bonds. The quantitative estimate of drug-likeness (QED) is 0.674. The maximum atomic E-state index is 5.93. The zero-order valence-corrected chi connectivity index (χ0v) is 11.4. The highest BCUT2D eigenvalue weighted by molar-refractivity contribution is 6.17. The number of halogens is 1. The van der Waals surface area contributed by atoms with Crippen LogP contribution in [-0.2, 0) is 5.88 Å². The normalized spacial score (nSPS) is 10.7. The summed E-state index contributed by atoms with van der Waals surface area (Å²) in [6, 6.07) is 16.0. The van der Waals surface area contributed by atoms with Crippen LogP contribution in [0, 0.1) is 0 Å². The largest absolute Gasteiger partial charge is 0.457 e. The lowest BCUT2D eigenvalue weighted by Crippen LogP contribution is -1.93. The lowest BCUT2D eigenvalue weighted by molar-refractivity contribution is 0.473. The van der Waals surface area contributed by atoms with Crippen molar-refractivity contribution in [2.24, 2.45) is 0 Å². The molecule has 0 radical (unpaired) electrons. The summed E-state index contributed by atoms with van der Waals surface area (Å²) in [6.45, 7) is 4.33. The second-order valence-electron chi connectivity index (χ2n) is 4.57. The third kappa shape index (κ3) is 3.05. The molecule has 0 aromatic heterocycles. The Morgan fingerprint density at radius 2 is 1.67 bits per heavy atom. The van der Waals surface area contributed by atoms with Crippen LogP contribution in [0.2, 0.25) is 0 Å². The van der Waals surface area contributed by atoms with Gasteiger partial charge < -0.3 is 4.74 Å². The molecule has 1 nitrogen and oxygen atoms in total. The van der Waals surface area contributed by atoms with Gasteiger partial charge in [0.15, 0.2) is 0 Å². The average molecular weight is 261 g/mol. The van der Waals surface area contributed by atoms with Crippen molar-refractivity contribution in [3.63, 3.8) is 0 Å². The highest BCUT2D eigenvalue weighted by Gasteiger charge is 2.07. The van der Waals surface area contributed by atoms with Crippen LogP contribution >= 0.6 is 11.6 Å². The van der Waals surface area contributed by atoms with Crippen molar-refractivity contribution < 1.29 is 4.74 Å². The topological polar surface area (TPSA) is 9.23 Å². The minimum absolute atomic E-state index is 0.448. The summed E-state index contributed by atoms with van der Waals surface area (Å²) in [5.74, 6) is 2.74. The van der Waals surface area contributed by atoms with Gasteiger partial charge in [-0.05, 0) is 35.2 Å². The van der Waals surface area contributed by atoms with E-state index in [4.69, 9.17) is 16.3 Å². The molecule has 2 aromatic carbocycles. The molecule has 0 spiro atoms. The van der Waals surface area contributed by atoms with Crippen LogP contribution in [0.25, 0.3) is 0 Å². The third-order valence-electron chi connectivity index (χ3n) is 2.85. The van der Waals surface area contributed by atoms with Gasteiger partial charge in [-0.1, -0.05) is 44.2 Å². The van der Waals surface area contributed by atoms with Gasteiger partial charge in [0.1, 0.15) is 11.5 Å². The van der Waals surface area contributed by atoms with Crippen molar-refractivity contribution in [1.29, 1.82) is 0 Å². The van der Waals surface area contributed by atoms with Gasteiger partial charge in [0.05, 0.1) is 0 Å². The molecule has 0 bridgehead atoms. The predicted octanol–water partition coefficient (Wildman–Crippen LogP) is 5.34. The fourth-order valence-corrected chi connectivity index (χ4v) is 2.00. The van der Waals surface area contributed by atoms with Crippen LogP contribution in [0.15, 0.2) is 48.5 Å². The highest BCUT2D eigenvalue weighted by Crippen LogP contribution is 2.30. The molecule has 0 aliphatic carbocycles. The Balaban J connectivity index is 2.22. The Bertz CT molecular complexity index is 503. The summed E-state index contributed by atoms with van der Waals surface area (Å²) in [4.78, 5) is 0. The zero-order valence-electron chi connectivity index (χ0n) is 10.7. The lowest BCUT2D eigenvalue weighted by atomic mass is 10.0. The molecule has 0 saturated carbocycles. The molecule has 94 valence electrons. The molecular weight excluding hydrogens is 244 g/mol. The molecular formula is C16H17ClO. The fourth-order valence-electron chi connectivity index (χ4n) is 1.82. The Labute approximate surface area is 113 Å². The van der Waals surface area contributed by atoms with E-state index in [2.05, 4.69) is 19.9 Å². The first-order valence-corrected chi connectivity index (χ1v) is 6.66. The summed E-state index contributed by atoms with van der Waals surface area (Å²) in [6.07, 6.45) is 0. The summed E-state index contributed by atoms with van der Waals surface area (Å²) in [7, 11) is 0. The van der Waals surface area contributed by atoms with Gasteiger partial charge in [-0.25, -0.2) is 0 Å². The van der Waals surface area contributed by atoms with E-state index in [1.165, 1.54) is 5.56 Å². The summed E-state index contributed by atoms with van der Waals surface area (Å²) >= 11 is 5.77. The predicted molar refractivity (Wildman–Crippen MR) is 76.6 cm³/mol. The average Bonchev–Trinajstić information content (AvgIpc) is 2.40. The van der Waals surface area contributed by atoms with Gasteiger partial charge in [0.25, 0.3) is 0 Å². The van der Waals surface area contributed by atoms with Gasteiger partial charge in [0.2, 0.25) is 0 Å². The number of ether oxygens (including phenoxy) is 1. The van der Waals surface area contributed by atoms with Crippen LogP contribution in [0.5, 0.6) is 11.5 Å². The SMILES string of the molecule is CC(C)c1ccccc1Oc1ccc(CCl)cc1. The fraction of sp³-hybridized carbons (Fsp3) is 0.250. The van der Waals surface area contributed by atoms with Crippen molar-refractivity contribution in [3.8, 4) is 11.5 Å². The number of hydrogen-bond donors (Lipinski definition) is 0. The second-order valence-corrected chi connectivity index (χ2v) is 4.84. The molecule has 18 heavy (non-hydrogen) atoms. The maximum absolute atomic E-state index is 5.93. The molecule has 0 heterocycles. The van der Waals surface area contributed by atoms with Crippen molar-refractivity contribution in [2.45, 2.75) is 25.6 Å². The number of alkyl halides is 1. The Hall–Kier alpha value is -1.47.